The van der Waals surface area contributed by atoms with Crippen molar-refractivity contribution in [3.8, 4) is 11.5 Å². The number of nitrogens with one attached hydrogen (secondary N) is 2. The van der Waals surface area contributed by atoms with E-state index in [0.717, 1.165) is 18.6 Å². The van der Waals surface area contributed by atoms with E-state index < -0.39 is 12.1 Å². The van der Waals surface area contributed by atoms with E-state index in [4.69, 9.17) is 13.9 Å². The van der Waals surface area contributed by atoms with Crippen LogP contribution in [0.3, 0.4) is 0 Å². The minimum atomic E-state index is -0.888. The fraction of sp³-hybridized carbons (Fsp3) is 0.667. The number of aliphatic hydroxyl groups is 1. The van der Waals surface area contributed by atoms with Crippen LogP contribution in [0.1, 0.15) is 122 Å². The van der Waals surface area contributed by atoms with E-state index in [9.17, 15) is 9.90 Å². The number of carbonyl (C=O) groups excluding carboxylic acids is 1. The number of carbonyl (C=O) groups is 1. The Morgan fingerprint density at radius 2 is 1.50 bits per heavy atom. The first kappa shape index (κ1) is 33.7. The number of ether oxygens (including phenoxy) is 2. The highest BCUT2D eigenvalue weighted by molar-refractivity contribution is 5.76. The molecule has 3 N–H and O–H groups in total. The molecule has 1 aromatic heterocycles. The van der Waals surface area contributed by atoms with E-state index in [1.807, 2.05) is 24.3 Å². The lowest BCUT2D eigenvalue weighted by Crippen LogP contribution is -2.45. The Labute approximate surface area is 242 Å². The Morgan fingerprint density at radius 1 is 0.875 bits per heavy atom. The van der Waals surface area contributed by atoms with Crippen molar-refractivity contribution >= 4 is 5.91 Å². The third-order valence-corrected chi connectivity index (χ3v) is 7.39. The molecule has 1 amide bonds. The number of amides is 1. The number of unbranched alkanes of at least 4 members (excludes halogenated alkanes) is 12. The lowest BCUT2D eigenvalue weighted by molar-refractivity contribution is -0.122. The standard InChI is InChI=1S/C32H50N2O5.CH4/c1-2-3-4-5-6-7-8-9-10-11-12-13-14-17-31(35)34-28(25-33-24-27-16-15-20-37-27)32(36)26-18-19-29-30(23-26)39-22-21-38-29;/h15-16,18-20,23,28,32-33,36H,2-14,17,21-22,24-25H2,1H3,(H,34,35);1H4/t28-,32-;/m1./s1. The summed E-state index contributed by atoms with van der Waals surface area (Å²) >= 11 is 0. The first-order valence-electron chi connectivity index (χ1n) is 15.3. The zero-order chi connectivity index (χ0) is 27.5. The van der Waals surface area contributed by atoms with Gasteiger partial charge in [0.25, 0.3) is 0 Å². The largest absolute Gasteiger partial charge is 0.486 e. The van der Waals surface area contributed by atoms with Gasteiger partial charge in [0.2, 0.25) is 5.91 Å². The van der Waals surface area contributed by atoms with Crippen LogP contribution in [0, 0.1) is 0 Å². The van der Waals surface area contributed by atoms with E-state index >= 15 is 0 Å². The van der Waals surface area contributed by atoms with Gasteiger partial charge in [-0.25, -0.2) is 0 Å². The topological polar surface area (TPSA) is 93.0 Å². The van der Waals surface area contributed by atoms with Crippen molar-refractivity contribution in [3.63, 3.8) is 0 Å². The molecule has 0 saturated carbocycles. The first-order valence-corrected chi connectivity index (χ1v) is 15.3. The predicted octanol–water partition coefficient (Wildman–Crippen LogP) is 7.48. The smallest absolute Gasteiger partial charge is 0.220 e. The van der Waals surface area contributed by atoms with E-state index in [2.05, 4.69) is 17.6 Å². The van der Waals surface area contributed by atoms with Gasteiger partial charge < -0.3 is 29.6 Å². The van der Waals surface area contributed by atoms with Crippen molar-refractivity contribution in [2.24, 2.45) is 0 Å². The molecule has 1 aromatic carbocycles. The zero-order valence-corrected chi connectivity index (χ0v) is 23.9. The molecule has 3 rings (SSSR count). The highest BCUT2D eigenvalue weighted by Crippen LogP contribution is 2.33. The van der Waals surface area contributed by atoms with Gasteiger partial charge in [-0.1, -0.05) is 97.5 Å². The molecule has 0 unspecified atom stereocenters. The minimum Gasteiger partial charge on any atom is -0.486 e. The van der Waals surface area contributed by atoms with Gasteiger partial charge in [0, 0.05) is 13.0 Å². The van der Waals surface area contributed by atoms with Gasteiger partial charge in [-0.2, -0.15) is 0 Å². The van der Waals surface area contributed by atoms with Crippen LogP contribution in [0.5, 0.6) is 11.5 Å². The number of hydrogen-bond acceptors (Lipinski definition) is 6. The summed E-state index contributed by atoms with van der Waals surface area (Å²) in [5.41, 5.74) is 0.685. The molecule has 0 spiro atoms. The van der Waals surface area contributed by atoms with Gasteiger partial charge in [-0.3, -0.25) is 4.79 Å². The van der Waals surface area contributed by atoms with Gasteiger partial charge in [0.1, 0.15) is 25.1 Å². The molecule has 7 nitrogen and oxygen atoms in total. The first-order chi connectivity index (χ1) is 19.2. The molecular weight excluding hydrogens is 504 g/mol. The Bertz CT molecular complexity index is 918. The maximum Gasteiger partial charge on any atom is 0.220 e. The van der Waals surface area contributed by atoms with Crippen LogP contribution in [0.25, 0.3) is 0 Å². The van der Waals surface area contributed by atoms with Crippen LogP contribution < -0.4 is 20.1 Å². The fourth-order valence-corrected chi connectivity index (χ4v) is 5.06. The van der Waals surface area contributed by atoms with Gasteiger partial charge in [-0.05, 0) is 36.2 Å². The lowest BCUT2D eigenvalue weighted by Gasteiger charge is -2.26. The average Bonchev–Trinajstić information content (AvgIpc) is 3.48. The minimum absolute atomic E-state index is 0. The Morgan fingerprint density at radius 3 is 2.12 bits per heavy atom. The Balaban J connectivity index is 0.00000560. The third kappa shape index (κ3) is 12.8. The summed E-state index contributed by atoms with van der Waals surface area (Å²) in [5.74, 6) is 2.08. The molecule has 0 aliphatic carbocycles. The molecular formula is C33H54N2O5. The fourth-order valence-electron chi connectivity index (χ4n) is 5.06. The van der Waals surface area contributed by atoms with Crippen molar-refractivity contribution in [3.05, 3.63) is 47.9 Å². The van der Waals surface area contributed by atoms with Crippen LogP contribution >= 0.6 is 0 Å². The van der Waals surface area contributed by atoms with Gasteiger partial charge >= 0.3 is 0 Å². The van der Waals surface area contributed by atoms with Crippen molar-refractivity contribution in [1.82, 2.24) is 10.6 Å². The number of fused-ring (bicyclic) bond motifs is 1. The average molecular weight is 559 g/mol. The summed E-state index contributed by atoms with van der Waals surface area (Å²) in [4.78, 5) is 12.8. The summed E-state index contributed by atoms with van der Waals surface area (Å²) in [6.45, 7) is 4.19. The molecule has 1 aliphatic heterocycles. The van der Waals surface area contributed by atoms with Crippen molar-refractivity contribution < 1.29 is 23.8 Å². The molecule has 0 radical (unpaired) electrons. The Kier molecular flexibility index (Phi) is 17.2. The second-order valence-corrected chi connectivity index (χ2v) is 10.7. The zero-order valence-electron chi connectivity index (χ0n) is 23.9. The molecule has 1 aliphatic rings. The molecule has 2 atom stereocenters. The van der Waals surface area contributed by atoms with Crippen LogP contribution in [-0.2, 0) is 11.3 Å². The summed E-state index contributed by atoms with van der Waals surface area (Å²) in [6.07, 6.45) is 17.8. The number of furan rings is 1. The van der Waals surface area contributed by atoms with E-state index in [0.29, 0.717) is 49.8 Å². The Hall–Kier alpha value is -2.51. The quantitative estimate of drug-likeness (QED) is 0.138. The number of rotatable bonds is 21. The second kappa shape index (κ2) is 20.4. The number of benzene rings is 1. The SMILES string of the molecule is C.CCCCCCCCCCCCCCCC(=O)N[C@H](CNCc1ccco1)[C@H](O)c1ccc2c(c1)OCCO2. The van der Waals surface area contributed by atoms with Crippen LogP contribution in [-0.4, -0.2) is 36.8 Å². The normalized spacial score (nSPS) is 13.8. The van der Waals surface area contributed by atoms with Crippen LogP contribution in [0.4, 0.5) is 0 Å². The van der Waals surface area contributed by atoms with Gasteiger partial charge in [-0.15, -0.1) is 0 Å². The highest BCUT2D eigenvalue weighted by Gasteiger charge is 2.24. The maximum atomic E-state index is 12.8. The molecule has 7 heteroatoms. The number of aliphatic hydroxyl groups excluding tert-OH is 1. The molecule has 40 heavy (non-hydrogen) atoms. The molecule has 226 valence electrons. The monoisotopic (exact) mass is 558 g/mol. The van der Waals surface area contributed by atoms with Crippen molar-refractivity contribution in [1.29, 1.82) is 0 Å². The van der Waals surface area contributed by atoms with Gasteiger partial charge in [0.05, 0.1) is 18.8 Å². The third-order valence-electron chi connectivity index (χ3n) is 7.39. The van der Waals surface area contributed by atoms with Crippen molar-refractivity contribution in [2.75, 3.05) is 19.8 Å². The van der Waals surface area contributed by atoms with E-state index in [-0.39, 0.29) is 13.3 Å². The van der Waals surface area contributed by atoms with E-state index in [1.54, 1.807) is 12.3 Å². The van der Waals surface area contributed by atoms with Crippen molar-refractivity contribution in [2.45, 2.75) is 123 Å². The van der Waals surface area contributed by atoms with Crippen LogP contribution in [0.15, 0.2) is 41.0 Å². The second-order valence-electron chi connectivity index (χ2n) is 10.7. The maximum absolute atomic E-state index is 12.8. The molecule has 0 saturated heterocycles. The van der Waals surface area contributed by atoms with Crippen LogP contribution in [0.2, 0.25) is 0 Å². The highest BCUT2D eigenvalue weighted by atomic mass is 16.6. The van der Waals surface area contributed by atoms with Gasteiger partial charge in [0.15, 0.2) is 11.5 Å². The summed E-state index contributed by atoms with van der Waals surface area (Å²) in [7, 11) is 0. The predicted molar refractivity (Wildman–Crippen MR) is 162 cm³/mol. The molecule has 0 fully saturated rings. The summed E-state index contributed by atoms with van der Waals surface area (Å²) in [6, 6.07) is 8.70. The molecule has 2 heterocycles. The summed E-state index contributed by atoms with van der Waals surface area (Å²) in [5, 5.41) is 17.6. The molecule has 0 bridgehead atoms. The molecule has 2 aromatic rings. The number of hydrogen-bond donors (Lipinski definition) is 3. The van der Waals surface area contributed by atoms with E-state index in [1.165, 1.54) is 70.6 Å². The lowest BCUT2D eigenvalue weighted by atomic mass is 10.0. The summed E-state index contributed by atoms with van der Waals surface area (Å²) < 4.78 is 16.7.